The molecule has 0 radical (unpaired) electrons. The molecule has 2 aromatic rings. The number of nitrogens with one attached hydrogen (secondary N) is 1. The predicted octanol–water partition coefficient (Wildman–Crippen LogP) is 4.37. The third kappa shape index (κ3) is 7.12. The third-order valence-corrected chi connectivity index (χ3v) is 8.03. The summed E-state index contributed by atoms with van der Waals surface area (Å²) in [5.41, 5.74) is 2.98. The molecule has 1 saturated heterocycles. The highest BCUT2D eigenvalue weighted by Gasteiger charge is 2.30. The number of aromatic hydroxyl groups is 2. The lowest BCUT2D eigenvalue weighted by Gasteiger charge is -2.26. The van der Waals surface area contributed by atoms with Gasteiger partial charge in [-0.25, -0.2) is 13.1 Å². The number of rotatable bonds is 11. The molecule has 1 amide bonds. The van der Waals surface area contributed by atoms with Gasteiger partial charge in [0.1, 0.15) is 16.4 Å². The maximum absolute atomic E-state index is 13.5. The minimum Gasteiger partial charge on any atom is -0.507 e. The van der Waals surface area contributed by atoms with Gasteiger partial charge < -0.3 is 14.9 Å². The number of unbranched alkanes of at least 4 members (excludes halogenated alkanes) is 2. The number of carbonyl (C=O) groups excluding carboxylic acids is 1. The van der Waals surface area contributed by atoms with Gasteiger partial charge in [-0.1, -0.05) is 55.7 Å². The van der Waals surface area contributed by atoms with Crippen molar-refractivity contribution in [2.24, 2.45) is 0 Å². The van der Waals surface area contributed by atoms with Crippen LogP contribution in [0.4, 0.5) is 0 Å². The minimum absolute atomic E-state index is 0.00193. The number of sulfonamides is 1. The van der Waals surface area contributed by atoms with Crippen LogP contribution in [0.5, 0.6) is 11.5 Å². The molecule has 1 heterocycles. The lowest BCUT2D eigenvalue weighted by Crippen LogP contribution is -2.39. The molecule has 8 nitrogen and oxygen atoms in total. The Bertz CT molecular complexity index is 1250. The summed E-state index contributed by atoms with van der Waals surface area (Å²) in [6.45, 7) is 12.6. The quantitative estimate of drug-likeness (QED) is 0.370. The highest BCUT2D eigenvalue weighted by molar-refractivity contribution is 7.90. The summed E-state index contributed by atoms with van der Waals surface area (Å²) < 4.78 is 34.5. The van der Waals surface area contributed by atoms with Crippen LogP contribution in [-0.4, -0.2) is 62.3 Å². The van der Waals surface area contributed by atoms with Gasteiger partial charge in [0, 0.05) is 26.1 Å². The molecule has 202 valence electrons. The van der Waals surface area contributed by atoms with E-state index in [1.54, 1.807) is 13.0 Å². The SMILES string of the molecule is C=C(C)c1ccc(C)cc1-c1c(O)cc(CCCCC)c(S(=O)(=O)NC(=O)CCN2CCOCC2)c1O. The maximum atomic E-state index is 13.5. The molecule has 0 bridgehead atoms. The third-order valence-electron chi connectivity index (χ3n) is 6.54. The number of hydrogen-bond donors (Lipinski definition) is 3. The fraction of sp³-hybridized carbons (Fsp3) is 0.464. The van der Waals surface area contributed by atoms with E-state index in [-0.39, 0.29) is 28.2 Å². The lowest BCUT2D eigenvalue weighted by molar-refractivity contribution is -0.119. The Kier molecular flexibility index (Phi) is 9.75. The van der Waals surface area contributed by atoms with Crippen LogP contribution in [0, 0.1) is 6.92 Å². The molecular formula is C28H38N2O6S. The highest BCUT2D eigenvalue weighted by Crippen LogP contribution is 2.46. The Morgan fingerprint density at radius 1 is 1.16 bits per heavy atom. The van der Waals surface area contributed by atoms with Crippen LogP contribution in [0.25, 0.3) is 16.7 Å². The number of morpholine rings is 1. The molecule has 1 fully saturated rings. The van der Waals surface area contributed by atoms with E-state index in [4.69, 9.17) is 4.74 Å². The van der Waals surface area contributed by atoms with Crippen LogP contribution < -0.4 is 4.72 Å². The van der Waals surface area contributed by atoms with Crippen molar-refractivity contribution in [1.82, 2.24) is 9.62 Å². The summed E-state index contributed by atoms with van der Waals surface area (Å²) in [6.07, 6.45) is 2.76. The Morgan fingerprint density at radius 2 is 1.86 bits per heavy atom. The molecule has 0 unspecified atom stereocenters. The molecule has 3 N–H and O–H groups in total. The van der Waals surface area contributed by atoms with Crippen LogP contribution >= 0.6 is 0 Å². The van der Waals surface area contributed by atoms with Crippen LogP contribution in [0.3, 0.4) is 0 Å². The van der Waals surface area contributed by atoms with Crippen molar-refractivity contribution in [2.45, 2.75) is 57.8 Å². The van der Waals surface area contributed by atoms with E-state index >= 15 is 0 Å². The summed E-state index contributed by atoms with van der Waals surface area (Å²) in [5.74, 6) is -1.46. The van der Waals surface area contributed by atoms with Gasteiger partial charge in [0.05, 0.1) is 18.8 Å². The zero-order valence-corrected chi connectivity index (χ0v) is 22.8. The second-order valence-corrected chi connectivity index (χ2v) is 11.2. The van der Waals surface area contributed by atoms with Gasteiger partial charge >= 0.3 is 0 Å². The largest absolute Gasteiger partial charge is 0.507 e. The first kappa shape index (κ1) is 28.7. The van der Waals surface area contributed by atoms with E-state index in [9.17, 15) is 23.4 Å². The number of hydrogen-bond acceptors (Lipinski definition) is 7. The first-order valence-corrected chi connectivity index (χ1v) is 14.2. The zero-order valence-electron chi connectivity index (χ0n) is 22.0. The van der Waals surface area contributed by atoms with Crippen molar-refractivity contribution >= 4 is 21.5 Å². The van der Waals surface area contributed by atoms with Crippen molar-refractivity contribution in [1.29, 1.82) is 0 Å². The number of allylic oxidation sites excluding steroid dienone is 1. The Balaban J connectivity index is 2.04. The fourth-order valence-electron chi connectivity index (χ4n) is 4.58. The van der Waals surface area contributed by atoms with Crippen LogP contribution in [0.1, 0.15) is 56.2 Å². The zero-order chi connectivity index (χ0) is 27.2. The monoisotopic (exact) mass is 530 g/mol. The van der Waals surface area contributed by atoms with E-state index in [1.165, 1.54) is 6.07 Å². The molecule has 0 saturated carbocycles. The van der Waals surface area contributed by atoms with Gasteiger partial charge in [0.25, 0.3) is 10.0 Å². The second-order valence-electron chi connectivity index (χ2n) is 9.63. The normalized spacial score (nSPS) is 14.5. The number of aryl methyl sites for hydroxylation is 2. The number of carbonyl (C=O) groups is 1. The molecule has 0 atom stereocenters. The molecule has 0 spiro atoms. The van der Waals surface area contributed by atoms with Crippen molar-refractivity contribution in [3.63, 3.8) is 0 Å². The second kappa shape index (κ2) is 12.6. The number of phenols is 2. The predicted molar refractivity (Wildman–Crippen MR) is 145 cm³/mol. The van der Waals surface area contributed by atoms with Crippen LogP contribution in [0.15, 0.2) is 35.7 Å². The first-order chi connectivity index (χ1) is 17.5. The van der Waals surface area contributed by atoms with Crippen molar-refractivity contribution in [2.75, 3.05) is 32.8 Å². The van der Waals surface area contributed by atoms with Gasteiger partial charge in [-0.15, -0.1) is 0 Å². The van der Waals surface area contributed by atoms with Gasteiger partial charge in [-0.2, -0.15) is 0 Å². The number of phenolic OH excluding ortho intramolecular Hbond substituents is 2. The van der Waals surface area contributed by atoms with E-state index in [2.05, 4.69) is 11.3 Å². The van der Waals surface area contributed by atoms with E-state index in [0.29, 0.717) is 62.4 Å². The van der Waals surface area contributed by atoms with Gasteiger partial charge in [0.2, 0.25) is 5.91 Å². The molecule has 0 aliphatic carbocycles. The number of benzene rings is 2. The summed E-state index contributed by atoms with van der Waals surface area (Å²) in [7, 11) is -4.43. The van der Waals surface area contributed by atoms with E-state index in [0.717, 1.165) is 18.4 Å². The number of nitrogens with zero attached hydrogens (tertiary/aromatic N) is 1. The standard InChI is InChI=1S/C28H38N2O6S/c1-5-6-7-8-21-18-24(31)26(23-17-20(4)9-10-22(23)19(2)3)27(33)28(21)37(34,35)29-25(32)11-12-30-13-15-36-16-14-30/h9-10,17-18,31,33H,2,5-8,11-16H2,1,3-4H3,(H,29,32). The minimum atomic E-state index is -4.43. The summed E-state index contributed by atoms with van der Waals surface area (Å²) in [5, 5.41) is 22.4. The van der Waals surface area contributed by atoms with E-state index in [1.807, 2.05) is 30.9 Å². The lowest BCUT2D eigenvalue weighted by atomic mass is 9.91. The fourth-order valence-corrected chi connectivity index (χ4v) is 5.95. The molecule has 0 aromatic heterocycles. The van der Waals surface area contributed by atoms with Crippen molar-refractivity contribution in [3.8, 4) is 22.6 Å². The van der Waals surface area contributed by atoms with Crippen molar-refractivity contribution < 1.29 is 28.2 Å². The summed E-state index contributed by atoms with van der Waals surface area (Å²) in [4.78, 5) is 14.3. The van der Waals surface area contributed by atoms with Gasteiger partial charge in [-0.05, 0) is 49.4 Å². The molecule has 9 heteroatoms. The molecule has 1 aliphatic rings. The number of amides is 1. The van der Waals surface area contributed by atoms with Gasteiger partial charge in [0.15, 0.2) is 0 Å². The Hall–Kier alpha value is -2.88. The molecule has 1 aliphatic heterocycles. The molecular weight excluding hydrogens is 492 g/mol. The summed E-state index contributed by atoms with van der Waals surface area (Å²) >= 11 is 0. The average Bonchev–Trinajstić information content (AvgIpc) is 2.83. The smallest absolute Gasteiger partial charge is 0.268 e. The topological polar surface area (TPSA) is 116 Å². The van der Waals surface area contributed by atoms with Crippen LogP contribution in [0.2, 0.25) is 0 Å². The Labute approximate surface area is 220 Å². The molecule has 3 rings (SSSR count). The molecule has 37 heavy (non-hydrogen) atoms. The van der Waals surface area contributed by atoms with E-state index < -0.39 is 21.7 Å². The van der Waals surface area contributed by atoms with Crippen LogP contribution in [-0.2, 0) is 26.0 Å². The average molecular weight is 531 g/mol. The highest BCUT2D eigenvalue weighted by atomic mass is 32.2. The Morgan fingerprint density at radius 3 is 2.51 bits per heavy atom. The maximum Gasteiger partial charge on any atom is 0.268 e. The summed E-state index contributed by atoms with van der Waals surface area (Å²) in [6, 6.07) is 6.87. The molecule has 2 aromatic carbocycles. The van der Waals surface area contributed by atoms with Crippen molar-refractivity contribution in [3.05, 3.63) is 47.5 Å². The number of ether oxygens (including phenoxy) is 1. The van der Waals surface area contributed by atoms with Gasteiger partial charge in [-0.3, -0.25) is 9.69 Å². The first-order valence-electron chi connectivity index (χ1n) is 12.8.